The fourth-order valence-corrected chi connectivity index (χ4v) is 1.92. The number of hydrogen-bond acceptors (Lipinski definition) is 2. The second-order valence-electron chi connectivity index (χ2n) is 3.67. The molecule has 0 saturated carbocycles. The predicted molar refractivity (Wildman–Crippen MR) is 61.7 cm³/mol. The average Bonchev–Trinajstić information content (AvgIpc) is 2.33. The lowest BCUT2D eigenvalue weighted by atomic mass is 9.85. The van der Waals surface area contributed by atoms with Crippen LogP contribution in [-0.4, -0.2) is 5.78 Å². The highest BCUT2D eigenvalue weighted by atomic mass is 16.1. The lowest BCUT2D eigenvalue weighted by Gasteiger charge is -2.19. The van der Waals surface area contributed by atoms with Gasteiger partial charge in [-0.15, -0.1) is 0 Å². The number of fused-ring (bicyclic) bond motifs is 1. The standard InChI is InChI=1S/C12H11N3O/c1-2-8-7-11(14-15-13)9-5-3-4-6-10(9)12(8)16/h3-8H,2H2,1H3. The quantitative estimate of drug-likeness (QED) is 0.420. The zero-order valence-corrected chi connectivity index (χ0v) is 8.92. The van der Waals surface area contributed by atoms with E-state index < -0.39 is 0 Å². The third-order valence-electron chi connectivity index (χ3n) is 2.76. The number of azide groups is 1. The highest BCUT2D eigenvalue weighted by Crippen LogP contribution is 2.31. The number of benzene rings is 1. The molecule has 1 unspecified atom stereocenters. The van der Waals surface area contributed by atoms with Crippen LogP contribution in [-0.2, 0) is 0 Å². The molecule has 0 N–H and O–H groups in total. The Balaban J connectivity index is 2.61. The van der Waals surface area contributed by atoms with Crippen LogP contribution in [0, 0.1) is 5.92 Å². The molecule has 4 heteroatoms. The summed E-state index contributed by atoms with van der Waals surface area (Å²) in [7, 11) is 0. The molecule has 0 amide bonds. The van der Waals surface area contributed by atoms with Crippen molar-refractivity contribution in [1.82, 2.24) is 0 Å². The Hall–Kier alpha value is -2.06. The number of nitrogens with zero attached hydrogens (tertiary/aromatic N) is 3. The topological polar surface area (TPSA) is 65.8 Å². The number of Topliss-reactive ketones (excluding diaryl/α,β-unsaturated/α-hetero) is 1. The maximum absolute atomic E-state index is 12.0. The molecule has 0 heterocycles. The highest BCUT2D eigenvalue weighted by molar-refractivity contribution is 6.06. The van der Waals surface area contributed by atoms with Crippen molar-refractivity contribution in [3.8, 4) is 0 Å². The molecule has 80 valence electrons. The molecule has 0 saturated heterocycles. The van der Waals surface area contributed by atoms with Crippen LogP contribution < -0.4 is 0 Å². The number of carbonyl (C=O) groups is 1. The first-order valence-corrected chi connectivity index (χ1v) is 5.18. The van der Waals surface area contributed by atoms with Gasteiger partial charge in [0.15, 0.2) is 5.78 Å². The molecule has 0 aliphatic heterocycles. The fourth-order valence-electron chi connectivity index (χ4n) is 1.92. The molecule has 1 atom stereocenters. The monoisotopic (exact) mass is 213 g/mol. The molecule has 1 aromatic rings. The first-order valence-electron chi connectivity index (χ1n) is 5.18. The molecule has 4 nitrogen and oxygen atoms in total. The van der Waals surface area contributed by atoms with Crippen LogP contribution in [0.15, 0.2) is 35.5 Å². The number of ketones is 1. The largest absolute Gasteiger partial charge is 0.293 e. The Kier molecular flexibility index (Phi) is 2.75. The van der Waals surface area contributed by atoms with Crippen molar-refractivity contribution in [2.24, 2.45) is 11.0 Å². The molecule has 0 radical (unpaired) electrons. The van der Waals surface area contributed by atoms with Crippen molar-refractivity contribution < 1.29 is 4.79 Å². The summed E-state index contributed by atoms with van der Waals surface area (Å²) in [5.41, 5.74) is 10.4. The van der Waals surface area contributed by atoms with Gasteiger partial charge < -0.3 is 0 Å². The van der Waals surface area contributed by atoms with Crippen LogP contribution in [0.3, 0.4) is 0 Å². The van der Waals surface area contributed by atoms with E-state index >= 15 is 0 Å². The molecule has 1 aromatic carbocycles. The second kappa shape index (κ2) is 4.21. The van der Waals surface area contributed by atoms with Gasteiger partial charge in [0.2, 0.25) is 0 Å². The number of carbonyl (C=O) groups excluding carboxylic acids is 1. The third-order valence-corrected chi connectivity index (χ3v) is 2.76. The van der Waals surface area contributed by atoms with Crippen molar-refractivity contribution in [2.75, 3.05) is 0 Å². The fraction of sp³-hybridized carbons (Fsp3) is 0.250. The first-order chi connectivity index (χ1) is 7.77. The third kappa shape index (κ3) is 1.59. The van der Waals surface area contributed by atoms with Crippen LogP contribution in [0.1, 0.15) is 29.3 Å². The van der Waals surface area contributed by atoms with Gasteiger partial charge in [-0.2, -0.15) is 0 Å². The van der Waals surface area contributed by atoms with Crippen molar-refractivity contribution in [3.63, 3.8) is 0 Å². The van der Waals surface area contributed by atoms with Crippen molar-refractivity contribution >= 4 is 11.5 Å². The van der Waals surface area contributed by atoms with Gasteiger partial charge in [-0.25, -0.2) is 0 Å². The zero-order chi connectivity index (χ0) is 11.5. The normalized spacial score (nSPS) is 18.4. The Bertz CT molecular complexity index is 513. The summed E-state index contributed by atoms with van der Waals surface area (Å²) < 4.78 is 0. The summed E-state index contributed by atoms with van der Waals surface area (Å²) >= 11 is 0. The second-order valence-corrected chi connectivity index (χ2v) is 3.67. The SMILES string of the molecule is CCC1C=C(N=[N+]=[N-])c2ccccc2C1=O. The molecule has 0 bridgehead atoms. The van der Waals surface area contributed by atoms with Crippen molar-refractivity contribution in [2.45, 2.75) is 13.3 Å². The van der Waals surface area contributed by atoms with E-state index in [0.29, 0.717) is 11.3 Å². The predicted octanol–water partition coefficient (Wildman–Crippen LogP) is 3.56. The van der Waals surface area contributed by atoms with Gasteiger partial charge in [-0.1, -0.05) is 42.4 Å². The molecular weight excluding hydrogens is 202 g/mol. The summed E-state index contributed by atoms with van der Waals surface area (Å²) in [6.07, 6.45) is 2.47. The number of allylic oxidation sites excluding steroid dienone is 1. The van der Waals surface area contributed by atoms with Gasteiger partial charge in [-0.3, -0.25) is 4.79 Å². The van der Waals surface area contributed by atoms with E-state index in [1.165, 1.54) is 0 Å². The summed E-state index contributed by atoms with van der Waals surface area (Å²) in [6, 6.07) is 7.24. The van der Waals surface area contributed by atoms with E-state index in [2.05, 4.69) is 10.0 Å². The lowest BCUT2D eigenvalue weighted by molar-refractivity contribution is 0.0940. The molecule has 0 fully saturated rings. The Morgan fingerprint density at radius 3 is 2.69 bits per heavy atom. The molecule has 2 rings (SSSR count). The van der Waals surface area contributed by atoms with Crippen molar-refractivity contribution in [3.05, 3.63) is 51.9 Å². The highest BCUT2D eigenvalue weighted by Gasteiger charge is 2.25. The summed E-state index contributed by atoms with van der Waals surface area (Å²) in [5, 5.41) is 3.65. The molecule has 16 heavy (non-hydrogen) atoms. The summed E-state index contributed by atoms with van der Waals surface area (Å²) in [5.74, 6) is -0.0645. The van der Waals surface area contributed by atoms with Crippen LogP contribution in [0.5, 0.6) is 0 Å². The van der Waals surface area contributed by atoms with E-state index in [0.717, 1.165) is 12.0 Å². The Morgan fingerprint density at radius 2 is 2.06 bits per heavy atom. The van der Waals surface area contributed by atoms with E-state index in [1.807, 2.05) is 19.1 Å². The van der Waals surface area contributed by atoms with Gasteiger partial charge in [0, 0.05) is 22.1 Å². The molecule has 0 spiro atoms. The summed E-state index contributed by atoms with van der Waals surface area (Å²) in [4.78, 5) is 14.8. The van der Waals surface area contributed by atoms with Crippen LogP contribution in [0.25, 0.3) is 16.1 Å². The Labute approximate surface area is 93.2 Å². The van der Waals surface area contributed by atoms with E-state index in [1.54, 1.807) is 18.2 Å². The first kappa shape index (κ1) is 10.5. The maximum Gasteiger partial charge on any atom is 0.170 e. The van der Waals surface area contributed by atoms with Gasteiger partial charge >= 0.3 is 0 Å². The van der Waals surface area contributed by atoms with Crippen LogP contribution in [0.2, 0.25) is 0 Å². The average molecular weight is 213 g/mol. The van der Waals surface area contributed by atoms with E-state index in [-0.39, 0.29) is 11.7 Å². The summed E-state index contributed by atoms with van der Waals surface area (Å²) in [6.45, 7) is 1.95. The molecule has 1 aliphatic carbocycles. The minimum absolute atomic E-state index is 0.106. The van der Waals surface area contributed by atoms with Gasteiger partial charge in [0.05, 0.1) is 0 Å². The Morgan fingerprint density at radius 1 is 1.38 bits per heavy atom. The van der Waals surface area contributed by atoms with Gasteiger partial charge in [-0.05, 0) is 17.5 Å². The van der Waals surface area contributed by atoms with E-state index in [4.69, 9.17) is 5.53 Å². The number of hydrogen-bond donors (Lipinski definition) is 0. The lowest BCUT2D eigenvalue weighted by Crippen LogP contribution is -2.17. The van der Waals surface area contributed by atoms with E-state index in [9.17, 15) is 4.79 Å². The van der Waals surface area contributed by atoms with Gasteiger partial charge in [0.25, 0.3) is 0 Å². The minimum Gasteiger partial charge on any atom is -0.293 e. The maximum atomic E-state index is 12.0. The molecule has 1 aliphatic rings. The molecular formula is C12H11N3O. The van der Waals surface area contributed by atoms with Gasteiger partial charge in [0.1, 0.15) is 0 Å². The number of rotatable bonds is 2. The zero-order valence-electron chi connectivity index (χ0n) is 8.92. The van der Waals surface area contributed by atoms with Crippen molar-refractivity contribution in [1.29, 1.82) is 0 Å². The van der Waals surface area contributed by atoms with Crippen LogP contribution in [0.4, 0.5) is 0 Å². The van der Waals surface area contributed by atoms with Crippen LogP contribution >= 0.6 is 0 Å². The minimum atomic E-state index is -0.171. The smallest absolute Gasteiger partial charge is 0.170 e. The molecule has 0 aromatic heterocycles.